The Hall–Kier alpha value is -0.850. The van der Waals surface area contributed by atoms with Crippen molar-refractivity contribution >= 4 is 30.7 Å². The smallest absolute Gasteiger partial charge is 0.242 e. The molecule has 0 atom stereocenters. The molecule has 0 unspecified atom stereocenters. The Morgan fingerprint density at radius 3 is 2.25 bits per heavy atom. The Bertz CT molecular complexity index is 573. The molecule has 28 heavy (non-hydrogen) atoms. The molecule has 1 aliphatic carbocycles. The fourth-order valence-electron chi connectivity index (χ4n) is 4.17. The third kappa shape index (κ3) is 6.89. The van der Waals surface area contributed by atoms with E-state index in [0.717, 1.165) is 71.5 Å². The van der Waals surface area contributed by atoms with E-state index < -0.39 is 5.54 Å². The van der Waals surface area contributed by atoms with Gasteiger partial charge < -0.3 is 15.5 Å². The van der Waals surface area contributed by atoms with Crippen LogP contribution in [0.3, 0.4) is 0 Å². The molecular weight excluding hydrogens is 395 g/mol. The number of hydrogen-bond donors (Lipinski definition) is 1. The Morgan fingerprint density at radius 1 is 1.04 bits per heavy atom. The average molecular weight is 431 g/mol. The molecule has 3 rings (SSSR count). The van der Waals surface area contributed by atoms with E-state index in [0.29, 0.717) is 0 Å². The minimum Gasteiger partial charge on any atom is -0.339 e. The minimum absolute atomic E-state index is 0. The first-order valence-corrected chi connectivity index (χ1v) is 10.1. The number of amides is 1. The van der Waals surface area contributed by atoms with Crippen LogP contribution in [-0.2, 0) is 11.3 Å². The monoisotopic (exact) mass is 430 g/mol. The molecule has 0 spiro atoms. The van der Waals surface area contributed by atoms with Gasteiger partial charge in [-0.25, -0.2) is 0 Å². The first kappa shape index (κ1) is 25.2. The second-order valence-corrected chi connectivity index (χ2v) is 8.07. The highest BCUT2D eigenvalue weighted by Crippen LogP contribution is 2.28. The van der Waals surface area contributed by atoms with E-state index in [2.05, 4.69) is 47.2 Å². The van der Waals surface area contributed by atoms with Gasteiger partial charge in [-0.2, -0.15) is 0 Å². The summed E-state index contributed by atoms with van der Waals surface area (Å²) in [5.41, 5.74) is 7.19. The highest BCUT2D eigenvalue weighted by Gasteiger charge is 2.39. The normalized spacial score (nSPS) is 19.6. The van der Waals surface area contributed by atoms with Gasteiger partial charge in [-0.1, -0.05) is 49.6 Å². The van der Waals surface area contributed by atoms with Gasteiger partial charge >= 0.3 is 0 Å². The number of nitrogens with two attached hydrogens (primary N) is 1. The van der Waals surface area contributed by atoms with Crippen molar-refractivity contribution in [2.75, 3.05) is 46.3 Å². The van der Waals surface area contributed by atoms with E-state index in [1.54, 1.807) is 0 Å². The summed E-state index contributed by atoms with van der Waals surface area (Å²) in [4.78, 5) is 19.7. The van der Waals surface area contributed by atoms with Gasteiger partial charge in [-0.3, -0.25) is 9.69 Å². The van der Waals surface area contributed by atoms with Gasteiger partial charge in [-0.15, -0.1) is 24.8 Å². The molecule has 5 nitrogen and oxygen atoms in total. The maximum atomic E-state index is 12.8. The van der Waals surface area contributed by atoms with Crippen molar-refractivity contribution < 1.29 is 4.79 Å². The molecule has 0 bridgehead atoms. The topological polar surface area (TPSA) is 52.8 Å². The molecule has 2 N–H and O–H groups in total. The third-order valence-corrected chi connectivity index (χ3v) is 5.92. The lowest BCUT2D eigenvalue weighted by molar-refractivity contribution is -0.140. The zero-order chi connectivity index (χ0) is 18.4. The number of carbonyl (C=O) groups is 1. The van der Waals surface area contributed by atoms with Crippen LogP contribution in [0, 0.1) is 0 Å². The van der Waals surface area contributed by atoms with Crippen molar-refractivity contribution in [2.45, 2.75) is 44.2 Å². The highest BCUT2D eigenvalue weighted by atomic mass is 35.5. The molecule has 7 heteroatoms. The van der Waals surface area contributed by atoms with E-state index in [4.69, 9.17) is 5.73 Å². The lowest BCUT2D eigenvalue weighted by atomic mass is 9.81. The van der Waals surface area contributed by atoms with E-state index in [1.165, 1.54) is 12.0 Å². The Morgan fingerprint density at radius 2 is 1.64 bits per heavy atom. The molecule has 1 aromatic rings. The summed E-state index contributed by atoms with van der Waals surface area (Å²) in [6.07, 6.45) is 5.12. The molecule has 1 aliphatic heterocycles. The SMILES string of the molecule is CN(CCN1CCN(C(=O)C2(N)CCCCC2)CC1)Cc1ccccc1.Cl.Cl. The quantitative estimate of drug-likeness (QED) is 0.753. The third-order valence-electron chi connectivity index (χ3n) is 5.92. The number of piperazine rings is 1. The summed E-state index contributed by atoms with van der Waals surface area (Å²) in [5, 5.41) is 0. The molecule has 1 heterocycles. The lowest BCUT2D eigenvalue weighted by Crippen LogP contribution is -2.60. The van der Waals surface area contributed by atoms with Gasteiger partial charge in [0.05, 0.1) is 5.54 Å². The van der Waals surface area contributed by atoms with Crippen LogP contribution in [0.5, 0.6) is 0 Å². The van der Waals surface area contributed by atoms with Gasteiger partial charge in [0.25, 0.3) is 0 Å². The van der Waals surface area contributed by atoms with E-state index in [1.807, 2.05) is 4.90 Å². The van der Waals surface area contributed by atoms with Crippen LogP contribution >= 0.6 is 24.8 Å². The second kappa shape index (κ2) is 12.0. The summed E-state index contributed by atoms with van der Waals surface area (Å²) in [6.45, 7) is 6.64. The number of carbonyl (C=O) groups excluding carboxylic acids is 1. The largest absolute Gasteiger partial charge is 0.339 e. The van der Waals surface area contributed by atoms with Crippen molar-refractivity contribution in [2.24, 2.45) is 5.73 Å². The summed E-state index contributed by atoms with van der Waals surface area (Å²) in [5.74, 6) is 0.193. The summed E-state index contributed by atoms with van der Waals surface area (Å²) in [7, 11) is 2.17. The van der Waals surface area contributed by atoms with Gasteiger partial charge in [0.15, 0.2) is 0 Å². The fraction of sp³-hybridized carbons (Fsp3) is 0.667. The molecule has 1 saturated carbocycles. The van der Waals surface area contributed by atoms with Gasteiger partial charge in [0, 0.05) is 45.8 Å². The molecule has 1 aromatic carbocycles. The van der Waals surface area contributed by atoms with Gasteiger partial charge in [0.1, 0.15) is 0 Å². The van der Waals surface area contributed by atoms with E-state index in [9.17, 15) is 4.79 Å². The van der Waals surface area contributed by atoms with Crippen LogP contribution in [-0.4, -0.2) is 72.5 Å². The molecule has 160 valence electrons. The molecule has 2 aliphatic rings. The van der Waals surface area contributed by atoms with Crippen molar-refractivity contribution in [3.8, 4) is 0 Å². The summed E-state index contributed by atoms with van der Waals surface area (Å²) >= 11 is 0. The predicted molar refractivity (Wildman–Crippen MR) is 120 cm³/mol. The fourth-order valence-corrected chi connectivity index (χ4v) is 4.17. The molecule has 1 amide bonds. The molecule has 1 saturated heterocycles. The lowest BCUT2D eigenvalue weighted by Gasteiger charge is -2.41. The van der Waals surface area contributed by atoms with E-state index in [-0.39, 0.29) is 30.7 Å². The number of benzene rings is 1. The first-order valence-electron chi connectivity index (χ1n) is 10.1. The van der Waals surface area contributed by atoms with Crippen LogP contribution in [0.25, 0.3) is 0 Å². The molecular formula is C21H36Cl2N4O. The molecule has 2 fully saturated rings. The standard InChI is InChI=1S/C21H34N4O.2ClH/c1-23(18-19-8-4-2-5-9-19)12-13-24-14-16-25(17-15-24)20(26)21(22)10-6-3-7-11-21;;/h2,4-5,8-9H,3,6-7,10-18,22H2,1H3;2*1H. The van der Waals surface area contributed by atoms with Gasteiger partial charge in [-0.05, 0) is 25.5 Å². The Balaban J connectivity index is 0.00000196. The number of hydrogen-bond acceptors (Lipinski definition) is 4. The number of halogens is 2. The molecule has 0 aromatic heterocycles. The second-order valence-electron chi connectivity index (χ2n) is 8.07. The zero-order valence-corrected chi connectivity index (χ0v) is 18.6. The Labute approximate surface area is 182 Å². The van der Waals surface area contributed by atoms with Crippen LogP contribution < -0.4 is 5.73 Å². The van der Waals surface area contributed by atoms with Crippen molar-refractivity contribution in [1.82, 2.24) is 14.7 Å². The molecule has 0 radical (unpaired) electrons. The van der Waals surface area contributed by atoms with Crippen molar-refractivity contribution in [3.63, 3.8) is 0 Å². The highest BCUT2D eigenvalue weighted by molar-refractivity contribution is 5.86. The predicted octanol–water partition coefficient (Wildman–Crippen LogP) is 2.77. The van der Waals surface area contributed by atoms with Crippen molar-refractivity contribution in [1.29, 1.82) is 0 Å². The van der Waals surface area contributed by atoms with Gasteiger partial charge in [0.2, 0.25) is 5.91 Å². The minimum atomic E-state index is -0.587. The number of likely N-dealkylation sites (N-methyl/N-ethyl adjacent to an activating group) is 1. The number of nitrogens with zero attached hydrogens (tertiary/aromatic N) is 3. The van der Waals surface area contributed by atoms with Crippen molar-refractivity contribution in [3.05, 3.63) is 35.9 Å². The van der Waals surface area contributed by atoms with Crippen LogP contribution in [0.15, 0.2) is 30.3 Å². The maximum absolute atomic E-state index is 12.8. The summed E-state index contributed by atoms with van der Waals surface area (Å²) < 4.78 is 0. The van der Waals surface area contributed by atoms with Crippen LogP contribution in [0.4, 0.5) is 0 Å². The van der Waals surface area contributed by atoms with E-state index >= 15 is 0 Å². The summed E-state index contributed by atoms with van der Waals surface area (Å²) in [6, 6.07) is 10.6. The maximum Gasteiger partial charge on any atom is 0.242 e. The Kier molecular flexibility index (Phi) is 10.8. The first-order chi connectivity index (χ1) is 12.6. The van der Waals surface area contributed by atoms with Crippen LogP contribution in [0.2, 0.25) is 0 Å². The van der Waals surface area contributed by atoms with Crippen LogP contribution in [0.1, 0.15) is 37.7 Å². The zero-order valence-electron chi connectivity index (χ0n) is 17.0. The average Bonchev–Trinajstić information content (AvgIpc) is 2.67. The number of rotatable bonds is 6.